The fraction of sp³-hybridized carbons (Fsp3) is 0.625. The fourth-order valence-electron chi connectivity index (χ4n) is 1.68. The van der Waals surface area contributed by atoms with Gasteiger partial charge in [0.25, 0.3) is 0 Å². The minimum Gasteiger partial charge on any atom is -0.491 e. The Kier molecular flexibility index (Phi) is 9.04. The number of nitrogens with one attached hydrogen (secondary N) is 1. The van der Waals surface area contributed by atoms with Crippen molar-refractivity contribution in [3.8, 4) is 5.75 Å². The first-order chi connectivity index (χ1) is 9.72. The quantitative estimate of drug-likeness (QED) is 0.633. The molecule has 0 aromatic heterocycles. The van der Waals surface area contributed by atoms with Crippen LogP contribution in [-0.2, 0) is 16.0 Å². The monoisotopic (exact) mass is 281 g/mol. The largest absolute Gasteiger partial charge is 0.491 e. The molecule has 0 amide bonds. The first-order valence-electron chi connectivity index (χ1n) is 7.34. The summed E-state index contributed by atoms with van der Waals surface area (Å²) in [6.45, 7) is 10.4. The molecule has 0 aliphatic heterocycles. The molecule has 0 bridgehead atoms. The average molecular weight is 281 g/mol. The normalized spacial score (nSPS) is 11.0. The van der Waals surface area contributed by atoms with Gasteiger partial charge in [-0.25, -0.2) is 0 Å². The maximum absolute atomic E-state index is 5.66. The summed E-state index contributed by atoms with van der Waals surface area (Å²) >= 11 is 0. The molecule has 0 aliphatic rings. The molecule has 0 saturated carbocycles. The van der Waals surface area contributed by atoms with Gasteiger partial charge in [0.15, 0.2) is 0 Å². The Bertz CT molecular complexity index is 355. The van der Waals surface area contributed by atoms with Gasteiger partial charge in [-0.3, -0.25) is 0 Å². The van der Waals surface area contributed by atoms with Crippen LogP contribution in [0, 0.1) is 0 Å². The van der Waals surface area contributed by atoms with Gasteiger partial charge < -0.3 is 19.5 Å². The van der Waals surface area contributed by atoms with Crippen LogP contribution in [0.25, 0.3) is 0 Å². The first-order valence-corrected chi connectivity index (χ1v) is 7.34. The maximum Gasteiger partial charge on any atom is 0.119 e. The van der Waals surface area contributed by atoms with Gasteiger partial charge in [-0.05, 0) is 38.1 Å². The van der Waals surface area contributed by atoms with Gasteiger partial charge >= 0.3 is 0 Å². The highest BCUT2D eigenvalue weighted by Gasteiger charge is 1.97. The van der Waals surface area contributed by atoms with Gasteiger partial charge in [-0.1, -0.05) is 19.1 Å². The molecule has 1 N–H and O–H groups in total. The molecule has 0 saturated heterocycles. The number of rotatable bonds is 11. The lowest BCUT2D eigenvalue weighted by Crippen LogP contribution is -2.13. The van der Waals surface area contributed by atoms with E-state index in [0.29, 0.717) is 26.4 Å². The van der Waals surface area contributed by atoms with Gasteiger partial charge in [0.05, 0.1) is 25.9 Å². The van der Waals surface area contributed by atoms with Gasteiger partial charge in [-0.2, -0.15) is 0 Å². The second-order valence-electron chi connectivity index (χ2n) is 4.81. The van der Waals surface area contributed by atoms with Gasteiger partial charge in [0.2, 0.25) is 0 Å². The van der Waals surface area contributed by atoms with Crippen LogP contribution in [0.2, 0.25) is 0 Å². The molecular formula is C16H27NO3. The number of hydrogen-bond acceptors (Lipinski definition) is 4. The van der Waals surface area contributed by atoms with Crippen molar-refractivity contribution in [2.45, 2.75) is 33.4 Å². The summed E-state index contributed by atoms with van der Waals surface area (Å²) in [5, 5.41) is 3.30. The van der Waals surface area contributed by atoms with E-state index in [1.165, 1.54) is 5.56 Å². The second-order valence-corrected chi connectivity index (χ2v) is 4.81. The number of benzene rings is 1. The third-order valence-electron chi connectivity index (χ3n) is 2.65. The summed E-state index contributed by atoms with van der Waals surface area (Å²) in [7, 11) is 0. The number of hydrogen-bond donors (Lipinski definition) is 1. The predicted octanol–water partition coefficient (Wildman–Crippen LogP) is 2.62. The Balaban J connectivity index is 2.12. The van der Waals surface area contributed by atoms with Crippen molar-refractivity contribution in [1.82, 2.24) is 5.32 Å². The standard InChI is InChI=1S/C16H27NO3/c1-4-17-13-15-6-5-7-16(12-15)20-11-9-18-8-10-19-14(2)3/h5-7,12,14,17H,4,8-11,13H2,1-3H3. The molecule has 0 spiro atoms. The first kappa shape index (κ1) is 17.0. The van der Waals surface area contributed by atoms with Crippen molar-refractivity contribution in [2.24, 2.45) is 0 Å². The summed E-state index contributed by atoms with van der Waals surface area (Å²) in [6.07, 6.45) is 0.259. The van der Waals surface area contributed by atoms with E-state index in [9.17, 15) is 0 Å². The molecule has 0 atom stereocenters. The summed E-state index contributed by atoms with van der Waals surface area (Å²) < 4.78 is 16.5. The van der Waals surface area contributed by atoms with Crippen LogP contribution in [0.4, 0.5) is 0 Å². The Morgan fingerprint density at radius 1 is 1.10 bits per heavy atom. The topological polar surface area (TPSA) is 39.7 Å². The van der Waals surface area contributed by atoms with E-state index in [-0.39, 0.29) is 6.10 Å². The molecule has 1 aromatic carbocycles. The van der Waals surface area contributed by atoms with Crippen molar-refractivity contribution in [1.29, 1.82) is 0 Å². The maximum atomic E-state index is 5.66. The Hall–Kier alpha value is -1.10. The van der Waals surface area contributed by atoms with E-state index in [4.69, 9.17) is 14.2 Å². The lowest BCUT2D eigenvalue weighted by Gasteiger charge is -2.10. The van der Waals surface area contributed by atoms with Crippen LogP contribution in [0.15, 0.2) is 24.3 Å². The van der Waals surface area contributed by atoms with Crippen molar-refractivity contribution in [3.05, 3.63) is 29.8 Å². The molecule has 1 rings (SSSR count). The molecule has 0 unspecified atom stereocenters. The van der Waals surface area contributed by atoms with Crippen molar-refractivity contribution < 1.29 is 14.2 Å². The SMILES string of the molecule is CCNCc1cccc(OCCOCCOC(C)C)c1. The van der Waals surface area contributed by atoms with Gasteiger partial charge in [0.1, 0.15) is 12.4 Å². The fourth-order valence-corrected chi connectivity index (χ4v) is 1.68. The molecule has 0 heterocycles. The Morgan fingerprint density at radius 3 is 2.65 bits per heavy atom. The van der Waals surface area contributed by atoms with E-state index >= 15 is 0 Å². The average Bonchev–Trinajstić information content (AvgIpc) is 2.44. The molecular weight excluding hydrogens is 254 g/mol. The molecule has 4 nitrogen and oxygen atoms in total. The van der Waals surface area contributed by atoms with E-state index in [1.54, 1.807) is 0 Å². The zero-order valence-electron chi connectivity index (χ0n) is 12.9. The van der Waals surface area contributed by atoms with Crippen molar-refractivity contribution in [3.63, 3.8) is 0 Å². The molecule has 0 radical (unpaired) electrons. The van der Waals surface area contributed by atoms with Crippen molar-refractivity contribution >= 4 is 0 Å². The minimum atomic E-state index is 0.259. The second kappa shape index (κ2) is 10.7. The highest BCUT2D eigenvalue weighted by molar-refractivity contribution is 5.28. The lowest BCUT2D eigenvalue weighted by molar-refractivity contribution is 0.0124. The highest BCUT2D eigenvalue weighted by Crippen LogP contribution is 2.13. The molecule has 4 heteroatoms. The van der Waals surface area contributed by atoms with Gasteiger partial charge in [-0.15, -0.1) is 0 Å². The van der Waals surface area contributed by atoms with Crippen LogP contribution in [0.3, 0.4) is 0 Å². The highest BCUT2D eigenvalue weighted by atomic mass is 16.5. The molecule has 114 valence electrons. The zero-order valence-corrected chi connectivity index (χ0v) is 12.9. The van der Waals surface area contributed by atoms with E-state index in [0.717, 1.165) is 18.8 Å². The van der Waals surface area contributed by atoms with E-state index in [2.05, 4.69) is 24.4 Å². The van der Waals surface area contributed by atoms with E-state index in [1.807, 2.05) is 26.0 Å². The number of ether oxygens (including phenoxy) is 3. The summed E-state index contributed by atoms with van der Waals surface area (Å²) in [6, 6.07) is 8.14. The summed E-state index contributed by atoms with van der Waals surface area (Å²) in [5.74, 6) is 0.891. The third-order valence-corrected chi connectivity index (χ3v) is 2.65. The Labute approximate surface area is 122 Å². The molecule has 1 aromatic rings. The molecule has 20 heavy (non-hydrogen) atoms. The summed E-state index contributed by atoms with van der Waals surface area (Å²) in [4.78, 5) is 0. The van der Waals surface area contributed by atoms with Crippen LogP contribution in [-0.4, -0.2) is 39.1 Å². The zero-order chi connectivity index (χ0) is 14.6. The van der Waals surface area contributed by atoms with Gasteiger partial charge in [0, 0.05) is 6.54 Å². The lowest BCUT2D eigenvalue weighted by atomic mass is 10.2. The van der Waals surface area contributed by atoms with Crippen LogP contribution < -0.4 is 10.1 Å². The summed E-state index contributed by atoms with van der Waals surface area (Å²) in [5.41, 5.74) is 1.23. The molecule has 0 fully saturated rings. The predicted molar refractivity (Wildman–Crippen MR) is 81.2 cm³/mol. The van der Waals surface area contributed by atoms with Crippen LogP contribution in [0.5, 0.6) is 5.75 Å². The smallest absolute Gasteiger partial charge is 0.119 e. The van der Waals surface area contributed by atoms with Crippen molar-refractivity contribution in [2.75, 3.05) is 33.0 Å². The minimum absolute atomic E-state index is 0.259. The van der Waals surface area contributed by atoms with Crippen LogP contribution >= 0.6 is 0 Å². The Morgan fingerprint density at radius 2 is 1.90 bits per heavy atom. The van der Waals surface area contributed by atoms with Crippen LogP contribution in [0.1, 0.15) is 26.3 Å². The van der Waals surface area contributed by atoms with E-state index < -0.39 is 0 Å². The third kappa shape index (κ3) is 8.15. The molecule has 0 aliphatic carbocycles.